The van der Waals surface area contributed by atoms with Gasteiger partial charge in [-0.25, -0.2) is 4.79 Å². The Bertz CT molecular complexity index is 1050. The Morgan fingerprint density at radius 1 is 1.23 bits per heavy atom. The van der Waals surface area contributed by atoms with Crippen molar-refractivity contribution >= 4 is 50.9 Å². The number of halogens is 2. The second kappa shape index (κ2) is 9.42. The summed E-state index contributed by atoms with van der Waals surface area (Å²) < 4.78 is 5.45. The zero-order valence-electron chi connectivity index (χ0n) is 15.9. The molecule has 2 aromatic rings. The predicted octanol–water partition coefficient (Wildman–Crippen LogP) is 3.01. The number of hydrogen-bond donors (Lipinski definition) is 2. The van der Waals surface area contributed by atoms with Crippen LogP contribution in [-0.4, -0.2) is 54.5 Å². The molecule has 0 radical (unpaired) electrons. The Morgan fingerprint density at radius 2 is 1.97 bits per heavy atom. The van der Waals surface area contributed by atoms with Crippen LogP contribution in [0.15, 0.2) is 58.2 Å². The monoisotopic (exact) mass is 492 g/mol. The van der Waals surface area contributed by atoms with Gasteiger partial charge in [0.05, 0.1) is 30.9 Å². The first-order chi connectivity index (χ1) is 14.4. The van der Waals surface area contributed by atoms with E-state index in [0.29, 0.717) is 20.7 Å². The van der Waals surface area contributed by atoms with Crippen molar-refractivity contribution in [1.82, 2.24) is 4.90 Å². The smallest absolute Gasteiger partial charge is 0.337 e. The fourth-order valence-electron chi connectivity index (χ4n) is 3.09. The van der Waals surface area contributed by atoms with Crippen LogP contribution in [0.5, 0.6) is 0 Å². The van der Waals surface area contributed by atoms with E-state index >= 15 is 0 Å². The van der Waals surface area contributed by atoms with E-state index in [9.17, 15) is 19.5 Å². The zero-order valence-corrected chi connectivity index (χ0v) is 18.3. The number of carbonyl (C=O) groups is 3. The molecule has 7 nitrogen and oxygen atoms in total. The normalized spacial score (nSPS) is 13.6. The van der Waals surface area contributed by atoms with E-state index < -0.39 is 11.9 Å². The van der Waals surface area contributed by atoms with Gasteiger partial charge in [-0.2, -0.15) is 0 Å². The topological polar surface area (TPSA) is 95.9 Å². The van der Waals surface area contributed by atoms with E-state index in [-0.39, 0.29) is 42.3 Å². The first-order valence-corrected chi connectivity index (χ1v) is 10.1. The molecule has 2 N–H and O–H groups in total. The summed E-state index contributed by atoms with van der Waals surface area (Å²) in [6.07, 6.45) is 0. The molecule has 0 aliphatic carbocycles. The van der Waals surface area contributed by atoms with Gasteiger partial charge < -0.3 is 20.1 Å². The maximum atomic E-state index is 13.2. The van der Waals surface area contributed by atoms with Gasteiger partial charge in [-0.3, -0.25) is 9.59 Å². The molecule has 0 unspecified atom stereocenters. The van der Waals surface area contributed by atoms with E-state index in [1.54, 1.807) is 42.5 Å². The molecule has 0 bridgehead atoms. The highest BCUT2D eigenvalue weighted by Gasteiger charge is 2.35. The highest BCUT2D eigenvalue weighted by molar-refractivity contribution is 9.10. The third-order valence-electron chi connectivity index (χ3n) is 4.56. The number of ketones is 1. The fourth-order valence-corrected chi connectivity index (χ4v) is 3.67. The van der Waals surface area contributed by atoms with Gasteiger partial charge in [0, 0.05) is 27.8 Å². The molecular formula is C21H18BrClN2O5. The van der Waals surface area contributed by atoms with Crippen LogP contribution in [0.3, 0.4) is 0 Å². The number of aliphatic hydroxyl groups excluding tert-OH is 1. The lowest BCUT2D eigenvalue weighted by Gasteiger charge is -2.16. The number of anilines is 1. The summed E-state index contributed by atoms with van der Waals surface area (Å²) in [4.78, 5) is 39.4. The molecule has 0 atom stereocenters. The summed E-state index contributed by atoms with van der Waals surface area (Å²) in [5.74, 6) is -1.48. The van der Waals surface area contributed by atoms with Gasteiger partial charge in [0.1, 0.15) is 5.70 Å². The number of aliphatic hydroxyl groups is 1. The minimum absolute atomic E-state index is 0.00127. The molecule has 1 aliphatic rings. The number of methoxy groups -OCH3 is 1. The largest absolute Gasteiger partial charge is 0.466 e. The molecule has 0 spiro atoms. The number of nitrogens with zero attached hydrogens (tertiary/aromatic N) is 1. The molecule has 1 amide bonds. The molecule has 0 aromatic heterocycles. The summed E-state index contributed by atoms with van der Waals surface area (Å²) in [5.41, 5.74) is 1.03. The molecule has 0 fully saturated rings. The number of nitrogens with one attached hydrogen (secondary N) is 1. The quantitative estimate of drug-likeness (QED) is 0.455. The average molecular weight is 494 g/mol. The van der Waals surface area contributed by atoms with Crippen LogP contribution in [0, 0.1) is 0 Å². The maximum absolute atomic E-state index is 13.2. The van der Waals surface area contributed by atoms with Crippen LogP contribution >= 0.6 is 27.5 Å². The number of rotatable bonds is 7. The second-order valence-corrected chi connectivity index (χ2v) is 7.74. The van der Waals surface area contributed by atoms with Crippen LogP contribution < -0.4 is 5.32 Å². The Hall–Kier alpha value is -2.68. The maximum Gasteiger partial charge on any atom is 0.337 e. The molecule has 30 heavy (non-hydrogen) atoms. The van der Waals surface area contributed by atoms with E-state index in [2.05, 4.69) is 21.2 Å². The number of ether oxygens (including phenoxy) is 1. The van der Waals surface area contributed by atoms with Gasteiger partial charge in [0.2, 0.25) is 0 Å². The van der Waals surface area contributed by atoms with Crippen molar-refractivity contribution in [3.63, 3.8) is 0 Å². The minimum Gasteiger partial charge on any atom is -0.466 e. The predicted molar refractivity (Wildman–Crippen MR) is 115 cm³/mol. The van der Waals surface area contributed by atoms with Crippen LogP contribution in [0.4, 0.5) is 5.69 Å². The summed E-state index contributed by atoms with van der Waals surface area (Å²) in [5, 5.41) is 12.4. The Kier molecular flexibility index (Phi) is 6.91. The van der Waals surface area contributed by atoms with Crippen molar-refractivity contribution in [2.24, 2.45) is 0 Å². The molecule has 156 valence electrons. The summed E-state index contributed by atoms with van der Waals surface area (Å²) in [6.45, 7) is -0.184. The third-order valence-corrected chi connectivity index (χ3v) is 5.38. The first kappa shape index (κ1) is 22.0. The van der Waals surface area contributed by atoms with E-state index in [0.717, 1.165) is 0 Å². The Labute approximate surface area is 186 Å². The van der Waals surface area contributed by atoms with E-state index in [1.807, 2.05) is 0 Å². The number of benzene rings is 2. The highest BCUT2D eigenvalue weighted by Crippen LogP contribution is 2.30. The minimum atomic E-state index is -0.664. The van der Waals surface area contributed by atoms with Gasteiger partial charge in [-0.15, -0.1) is 0 Å². The number of β-amino-alcohol motifs (C(OH)–C–C–N with tert-alkyl or cyclic N) is 1. The van der Waals surface area contributed by atoms with Crippen molar-refractivity contribution in [2.45, 2.75) is 0 Å². The van der Waals surface area contributed by atoms with E-state index in [4.69, 9.17) is 16.3 Å². The summed E-state index contributed by atoms with van der Waals surface area (Å²) in [6, 6.07) is 11.6. The van der Waals surface area contributed by atoms with Crippen molar-refractivity contribution in [3.8, 4) is 0 Å². The van der Waals surface area contributed by atoms with Crippen molar-refractivity contribution in [3.05, 3.63) is 74.4 Å². The molecule has 1 aliphatic heterocycles. The molecule has 0 saturated carbocycles. The summed E-state index contributed by atoms with van der Waals surface area (Å²) in [7, 11) is 1.22. The van der Waals surface area contributed by atoms with Crippen molar-refractivity contribution < 1.29 is 24.2 Å². The lowest BCUT2D eigenvalue weighted by molar-refractivity contribution is -0.136. The van der Waals surface area contributed by atoms with Gasteiger partial charge in [0.25, 0.3) is 5.91 Å². The third kappa shape index (κ3) is 4.40. The number of carbonyl (C=O) groups excluding carboxylic acids is 3. The van der Waals surface area contributed by atoms with Gasteiger partial charge in [0.15, 0.2) is 5.78 Å². The lowest BCUT2D eigenvalue weighted by atomic mass is 10.0. The molecule has 9 heteroatoms. The second-order valence-electron chi connectivity index (χ2n) is 6.42. The van der Waals surface area contributed by atoms with Crippen LogP contribution in [0.2, 0.25) is 5.02 Å². The van der Waals surface area contributed by atoms with Crippen LogP contribution in [0.25, 0.3) is 0 Å². The average Bonchev–Trinajstić information content (AvgIpc) is 3.04. The number of hydrogen-bond acceptors (Lipinski definition) is 6. The first-order valence-electron chi connectivity index (χ1n) is 8.94. The zero-order chi connectivity index (χ0) is 21.8. The number of esters is 1. The molecule has 2 aromatic carbocycles. The lowest BCUT2D eigenvalue weighted by Crippen LogP contribution is -2.31. The fraction of sp³-hybridized carbons (Fsp3) is 0.190. The van der Waals surface area contributed by atoms with Gasteiger partial charge >= 0.3 is 5.97 Å². The standard InChI is InChI=1S/C21H18BrClN2O5/c1-30-21(29)15-11-25(8-9-26)20(28)18(15)24-17-7-6-12(22)10-14(17)19(27)13-4-2-3-5-16(13)23/h2-7,10,24,26H,8-9,11H2,1H3. The summed E-state index contributed by atoms with van der Waals surface area (Å²) >= 11 is 9.54. The SMILES string of the molecule is COC(=O)C1=C(Nc2ccc(Br)cc2C(=O)c2ccccc2Cl)C(=O)N(CCO)C1. The van der Waals surface area contributed by atoms with Crippen molar-refractivity contribution in [1.29, 1.82) is 0 Å². The molecule has 1 heterocycles. The van der Waals surface area contributed by atoms with Gasteiger partial charge in [-0.05, 0) is 30.3 Å². The Balaban J connectivity index is 2.04. The van der Waals surface area contributed by atoms with Gasteiger partial charge in [-0.1, -0.05) is 39.7 Å². The Morgan fingerprint density at radius 3 is 2.63 bits per heavy atom. The van der Waals surface area contributed by atoms with Crippen LogP contribution in [-0.2, 0) is 14.3 Å². The van der Waals surface area contributed by atoms with Crippen LogP contribution in [0.1, 0.15) is 15.9 Å². The molecular weight excluding hydrogens is 476 g/mol. The molecule has 3 rings (SSSR count). The number of amides is 1. The highest BCUT2D eigenvalue weighted by atomic mass is 79.9. The molecule has 0 saturated heterocycles. The van der Waals surface area contributed by atoms with E-state index in [1.165, 1.54) is 12.0 Å². The van der Waals surface area contributed by atoms with Crippen molar-refractivity contribution in [2.75, 3.05) is 32.1 Å².